The van der Waals surface area contributed by atoms with Crippen LogP contribution < -0.4 is 4.90 Å². The number of nitrogens with zero attached hydrogens (tertiary/aromatic N) is 3. The first-order valence-electron chi connectivity index (χ1n) is 8.46. The third-order valence-corrected chi connectivity index (χ3v) is 5.28. The van der Waals surface area contributed by atoms with Gasteiger partial charge in [0.2, 0.25) is 0 Å². The molecule has 0 atom stereocenters. The number of piperidine rings is 1. The van der Waals surface area contributed by atoms with Crippen molar-refractivity contribution in [3.8, 4) is 0 Å². The second kappa shape index (κ2) is 6.12. The summed E-state index contributed by atoms with van der Waals surface area (Å²) in [4.78, 5) is 10.6. The van der Waals surface area contributed by atoms with E-state index in [2.05, 4.69) is 14.9 Å². The summed E-state index contributed by atoms with van der Waals surface area (Å²) in [6.45, 7) is 11.2. The minimum Gasteiger partial charge on any atom is -0.398 e. The standard InChI is InChI=1S/C17H25BFN3O2/c1-12-10-14(21-11-20-12)22-8-6-13(7-9-22)15(19)18-23-16(2,3)17(4,5)24-18/h10-11H,6-9H2,1-5H3. The summed E-state index contributed by atoms with van der Waals surface area (Å²) >= 11 is 0. The lowest BCUT2D eigenvalue weighted by Gasteiger charge is -2.32. The molecule has 0 aromatic carbocycles. The lowest BCUT2D eigenvalue weighted by molar-refractivity contribution is 0.00578. The number of aromatic nitrogens is 2. The van der Waals surface area contributed by atoms with Crippen LogP contribution in [0.4, 0.5) is 10.2 Å². The Morgan fingerprint density at radius 2 is 1.71 bits per heavy atom. The number of anilines is 1. The van der Waals surface area contributed by atoms with E-state index in [-0.39, 0.29) is 5.73 Å². The van der Waals surface area contributed by atoms with Crippen LogP contribution in [0, 0.1) is 6.92 Å². The van der Waals surface area contributed by atoms with Crippen LogP contribution in [0.25, 0.3) is 0 Å². The molecule has 3 heterocycles. The highest BCUT2D eigenvalue weighted by Crippen LogP contribution is 2.40. The largest absolute Gasteiger partial charge is 0.525 e. The normalized spacial score (nSPS) is 22.8. The van der Waals surface area contributed by atoms with Crippen molar-refractivity contribution in [2.24, 2.45) is 0 Å². The molecule has 5 nitrogen and oxygen atoms in total. The molecular formula is C17H25BFN3O2. The summed E-state index contributed by atoms with van der Waals surface area (Å²) in [5.74, 6) is 0.901. The van der Waals surface area contributed by atoms with Crippen molar-refractivity contribution < 1.29 is 13.7 Å². The molecule has 0 N–H and O–H groups in total. The number of halogens is 1. The maximum Gasteiger partial charge on any atom is 0.525 e. The number of aryl methyl sites for hydroxylation is 1. The maximum atomic E-state index is 14.9. The van der Waals surface area contributed by atoms with E-state index in [1.807, 2.05) is 40.7 Å². The van der Waals surface area contributed by atoms with Gasteiger partial charge in [-0.05, 0) is 53.0 Å². The SMILES string of the molecule is Cc1cc(N2CCC(=C(F)B3OC(C)(C)C(C)(C)O3)CC2)ncn1. The van der Waals surface area contributed by atoms with Crippen LogP contribution in [0.3, 0.4) is 0 Å². The Hall–Kier alpha value is -1.47. The number of hydrogen-bond acceptors (Lipinski definition) is 5. The van der Waals surface area contributed by atoms with Crippen LogP contribution in [-0.4, -0.2) is 41.4 Å². The van der Waals surface area contributed by atoms with Crippen LogP contribution in [0.5, 0.6) is 0 Å². The number of rotatable bonds is 2. The molecule has 7 heteroatoms. The molecule has 0 aliphatic carbocycles. The minimum absolute atomic E-state index is 0.257. The van der Waals surface area contributed by atoms with Gasteiger partial charge in [-0.3, -0.25) is 0 Å². The minimum atomic E-state index is -0.891. The molecule has 2 aliphatic heterocycles. The molecule has 0 bridgehead atoms. The fraction of sp³-hybridized carbons (Fsp3) is 0.647. The van der Waals surface area contributed by atoms with E-state index < -0.39 is 18.3 Å². The van der Waals surface area contributed by atoms with Gasteiger partial charge in [0.25, 0.3) is 0 Å². The zero-order valence-electron chi connectivity index (χ0n) is 15.1. The Kier molecular flexibility index (Phi) is 4.42. The first kappa shape index (κ1) is 17.4. The smallest absolute Gasteiger partial charge is 0.398 e. The molecule has 24 heavy (non-hydrogen) atoms. The summed E-state index contributed by atoms with van der Waals surface area (Å²) in [5, 5.41) is 0. The molecule has 0 unspecified atom stereocenters. The van der Waals surface area contributed by atoms with Crippen molar-refractivity contribution in [3.05, 3.63) is 29.4 Å². The molecule has 130 valence electrons. The number of hydrogen-bond donors (Lipinski definition) is 0. The Morgan fingerprint density at radius 3 is 2.25 bits per heavy atom. The molecule has 1 aromatic rings. The van der Waals surface area contributed by atoms with E-state index in [9.17, 15) is 4.39 Å². The van der Waals surface area contributed by atoms with Crippen LogP contribution >= 0.6 is 0 Å². The second-order valence-electron chi connectivity index (χ2n) is 7.54. The van der Waals surface area contributed by atoms with E-state index >= 15 is 0 Å². The summed E-state index contributed by atoms with van der Waals surface area (Å²) in [5.41, 5.74) is 0.427. The van der Waals surface area contributed by atoms with Gasteiger partial charge in [0, 0.05) is 24.8 Å². The van der Waals surface area contributed by atoms with Gasteiger partial charge >= 0.3 is 7.12 Å². The molecule has 2 fully saturated rings. The van der Waals surface area contributed by atoms with Crippen molar-refractivity contribution in [3.63, 3.8) is 0 Å². The molecule has 0 spiro atoms. The van der Waals surface area contributed by atoms with Crippen molar-refractivity contribution in [2.75, 3.05) is 18.0 Å². The lowest BCUT2D eigenvalue weighted by Crippen LogP contribution is -2.41. The average molecular weight is 333 g/mol. The van der Waals surface area contributed by atoms with Gasteiger partial charge in [-0.25, -0.2) is 14.4 Å². The Balaban J connectivity index is 1.69. The Bertz CT molecular complexity index is 637. The molecule has 1 aromatic heterocycles. The molecule has 0 saturated carbocycles. The fourth-order valence-electron chi connectivity index (χ4n) is 2.97. The zero-order chi connectivity index (χ0) is 17.5. The van der Waals surface area contributed by atoms with Gasteiger partial charge in [0.1, 0.15) is 17.9 Å². The Morgan fingerprint density at radius 1 is 1.12 bits per heavy atom. The topological polar surface area (TPSA) is 47.5 Å². The summed E-state index contributed by atoms with van der Waals surface area (Å²) in [6.07, 6.45) is 2.87. The quantitative estimate of drug-likeness (QED) is 0.778. The van der Waals surface area contributed by atoms with Crippen LogP contribution in [0.1, 0.15) is 46.2 Å². The van der Waals surface area contributed by atoms with Crippen LogP contribution in [0.15, 0.2) is 23.7 Å². The van der Waals surface area contributed by atoms with E-state index in [0.717, 1.165) is 30.2 Å². The van der Waals surface area contributed by atoms with Gasteiger partial charge in [-0.2, -0.15) is 0 Å². The highest BCUT2D eigenvalue weighted by molar-refractivity contribution is 6.53. The van der Waals surface area contributed by atoms with Crippen molar-refractivity contribution >= 4 is 12.9 Å². The highest BCUT2D eigenvalue weighted by Gasteiger charge is 2.53. The molecular weight excluding hydrogens is 308 g/mol. The summed E-state index contributed by atoms with van der Waals surface area (Å²) < 4.78 is 26.5. The molecule has 3 rings (SSSR count). The van der Waals surface area contributed by atoms with Gasteiger partial charge in [-0.15, -0.1) is 0 Å². The molecule has 0 amide bonds. The molecule has 0 radical (unpaired) electrons. The van der Waals surface area contributed by atoms with Gasteiger partial charge in [0.05, 0.1) is 11.2 Å². The Labute approximate surface area is 143 Å². The zero-order valence-corrected chi connectivity index (χ0v) is 15.1. The first-order valence-corrected chi connectivity index (χ1v) is 8.46. The predicted molar refractivity (Wildman–Crippen MR) is 92.4 cm³/mol. The second-order valence-corrected chi connectivity index (χ2v) is 7.54. The molecule has 2 saturated heterocycles. The van der Waals surface area contributed by atoms with Crippen molar-refractivity contribution in [1.29, 1.82) is 0 Å². The van der Waals surface area contributed by atoms with Gasteiger partial charge < -0.3 is 14.2 Å². The van der Waals surface area contributed by atoms with Gasteiger partial charge in [0.15, 0.2) is 0 Å². The predicted octanol–water partition coefficient (Wildman–Crippen LogP) is 3.24. The highest BCUT2D eigenvalue weighted by atomic mass is 19.1. The van der Waals surface area contributed by atoms with E-state index in [0.29, 0.717) is 12.8 Å². The van der Waals surface area contributed by atoms with Crippen molar-refractivity contribution in [1.82, 2.24) is 9.97 Å². The lowest BCUT2D eigenvalue weighted by atomic mass is 9.82. The third kappa shape index (κ3) is 3.19. The van der Waals surface area contributed by atoms with Crippen LogP contribution in [-0.2, 0) is 9.31 Å². The summed E-state index contributed by atoms with van der Waals surface area (Å²) in [6, 6.07) is 1.96. The van der Waals surface area contributed by atoms with E-state index in [1.165, 1.54) is 0 Å². The molecule has 2 aliphatic rings. The first-order chi connectivity index (χ1) is 11.2. The van der Waals surface area contributed by atoms with Crippen LogP contribution in [0.2, 0.25) is 0 Å². The fourth-order valence-corrected chi connectivity index (χ4v) is 2.97. The maximum absolute atomic E-state index is 14.9. The van der Waals surface area contributed by atoms with E-state index in [4.69, 9.17) is 9.31 Å². The summed E-state index contributed by atoms with van der Waals surface area (Å²) in [7, 11) is -0.891. The van der Waals surface area contributed by atoms with E-state index in [1.54, 1.807) is 6.33 Å². The third-order valence-electron chi connectivity index (χ3n) is 5.28. The average Bonchev–Trinajstić information content (AvgIpc) is 2.75. The van der Waals surface area contributed by atoms with Gasteiger partial charge in [-0.1, -0.05) is 0 Å². The monoisotopic (exact) mass is 333 g/mol. The van der Waals surface area contributed by atoms with Crippen molar-refractivity contribution in [2.45, 2.75) is 58.7 Å².